The minimum absolute atomic E-state index is 0.0200. The van der Waals surface area contributed by atoms with Gasteiger partial charge < -0.3 is 15.4 Å². The zero-order chi connectivity index (χ0) is 12.5. The quantitative estimate of drug-likeness (QED) is 0.835. The summed E-state index contributed by atoms with van der Waals surface area (Å²) < 4.78 is 5.67. The number of ether oxygens (including phenoxy) is 1. The summed E-state index contributed by atoms with van der Waals surface area (Å²) in [4.78, 5) is 14.0. The minimum atomic E-state index is -0.807. The highest BCUT2D eigenvalue weighted by Gasteiger charge is 2.41. The van der Waals surface area contributed by atoms with Crippen LogP contribution in [-0.2, 0) is 9.53 Å². The summed E-state index contributed by atoms with van der Waals surface area (Å²) in [5.41, 5.74) is 5.74. The first-order valence-electron chi connectivity index (χ1n) is 5.79. The third-order valence-corrected chi connectivity index (χ3v) is 2.94. The molecule has 1 unspecified atom stereocenters. The molecule has 4 nitrogen and oxygen atoms in total. The molecule has 17 heavy (non-hydrogen) atoms. The van der Waals surface area contributed by atoms with Gasteiger partial charge in [0.2, 0.25) is 0 Å². The molecule has 1 amide bonds. The molecular weight excluding hydrogens is 216 g/mol. The van der Waals surface area contributed by atoms with Crippen LogP contribution in [0.1, 0.15) is 13.8 Å². The van der Waals surface area contributed by atoms with Gasteiger partial charge in [-0.2, -0.15) is 0 Å². The number of morpholine rings is 1. The molecule has 92 valence electrons. The lowest BCUT2D eigenvalue weighted by atomic mass is 10.0. The number of nitrogens with two attached hydrogens (primary N) is 1. The van der Waals surface area contributed by atoms with Crippen LogP contribution in [0.5, 0.6) is 0 Å². The van der Waals surface area contributed by atoms with Gasteiger partial charge in [-0.15, -0.1) is 0 Å². The fraction of sp³-hybridized carbons (Fsp3) is 0.462. The van der Waals surface area contributed by atoms with Gasteiger partial charge in [-0.25, -0.2) is 0 Å². The van der Waals surface area contributed by atoms with Gasteiger partial charge in [0.25, 0.3) is 5.91 Å². The number of carbonyl (C=O) groups is 1. The van der Waals surface area contributed by atoms with Gasteiger partial charge in [0.1, 0.15) is 5.60 Å². The molecule has 0 aromatic heterocycles. The van der Waals surface area contributed by atoms with Crippen molar-refractivity contribution in [2.75, 3.05) is 18.0 Å². The van der Waals surface area contributed by atoms with Crippen LogP contribution in [0, 0.1) is 0 Å². The van der Waals surface area contributed by atoms with E-state index < -0.39 is 5.60 Å². The summed E-state index contributed by atoms with van der Waals surface area (Å²) in [6, 6.07) is 9.62. The van der Waals surface area contributed by atoms with Crippen molar-refractivity contribution in [2.24, 2.45) is 5.73 Å². The van der Waals surface area contributed by atoms with Gasteiger partial charge in [-0.3, -0.25) is 4.79 Å². The first-order valence-corrected chi connectivity index (χ1v) is 5.79. The summed E-state index contributed by atoms with van der Waals surface area (Å²) in [5, 5.41) is 0. The van der Waals surface area contributed by atoms with E-state index in [1.165, 1.54) is 0 Å². The Morgan fingerprint density at radius 3 is 2.65 bits per heavy atom. The van der Waals surface area contributed by atoms with E-state index in [1.54, 1.807) is 18.7 Å². The Morgan fingerprint density at radius 1 is 1.41 bits per heavy atom. The molecule has 1 heterocycles. The van der Waals surface area contributed by atoms with E-state index in [4.69, 9.17) is 10.5 Å². The smallest absolute Gasteiger partial charge is 0.258 e. The van der Waals surface area contributed by atoms with Gasteiger partial charge >= 0.3 is 0 Å². The van der Waals surface area contributed by atoms with Crippen LogP contribution in [0.25, 0.3) is 0 Å². The molecular formula is C13H18N2O2. The molecule has 2 N–H and O–H groups in total. The number of nitrogens with zero attached hydrogens (tertiary/aromatic N) is 1. The summed E-state index contributed by atoms with van der Waals surface area (Å²) in [6.45, 7) is 4.50. The Kier molecular flexibility index (Phi) is 3.17. The average molecular weight is 234 g/mol. The number of amides is 1. The molecule has 1 aromatic carbocycles. The number of rotatable bonds is 2. The zero-order valence-electron chi connectivity index (χ0n) is 10.2. The van der Waals surface area contributed by atoms with Crippen LogP contribution in [-0.4, -0.2) is 30.7 Å². The molecule has 2 rings (SSSR count). The molecule has 1 aromatic rings. The molecule has 0 bridgehead atoms. The summed E-state index contributed by atoms with van der Waals surface area (Å²) in [5.74, 6) is -0.0200. The number of anilines is 1. The molecule has 1 aliphatic heterocycles. The van der Waals surface area contributed by atoms with Crippen molar-refractivity contribution >= 4 is 11.6 Å². The molecule has 0 saturated carbocycles. The maximum Gasteiger partial charge on any atom is 0.258 e. The van der Waals surface area contributed by atoms with Crippen molar-refractivity contribution in [3.63, 3.8) is 0 Å². The van der Waals surface area contributed by atoms with Crippen molar-refractivity contribution in [3.05, 3.63) is 30.3 Å². The van der Waals surface area contributed by atoms with Gasteiger partial charge in [0, 0.05) is 12.2 Å². The maximum absolute atomic E-state index is 12.3. The maximum atomic E-state index is 12.3. The van der Waals surface area contributed by atoms with Crippen LogP contribution in [0.3, 0.4) is 0 Å². The fourth-order valence-electron chi connectivity index (χ4n) is 2.07. The van der Waals surface area contributed by atoms with E-state index in [-0.39, 0.29) is 12.0 Å². The largest absolute Gasteiger partial charge is 0.359 e. The SMILES string of the molecule is CC1(C)OC(CN)CN(c2ccccc2)C1=O. The zero-order valence-corrected chi connectivity index (χ0v) is 10.2. The fourth-order valence-corrected chi connectivity index (χ4v) is 2.07. The number of hydrogen-bond acceptors (Lipinski definition) is 3. The number of carbonyl (C=O) groups excluding carboxylic acids is 1. The predicted molar refractivity (Wildman–Crippen MR) is 66.8 cm³/mol. The second kappa shape index (κ2) is 4.47. The Labute approximate surface area is 101 Å². The highest BCUT2D eigenvalue weighted by Crippen LogP contribution is 2.26. The first kappa shape index (κ1) is 12.1. The van der Waals surface area contributed by atoms with Crippen molar-refractivity contribution in [2.45, 2.75) is 25.6 Å². The average Bonchev–Trinajstić information content (AvgIpc) is 2.33. The molecule has 0 radical (unpaired) electrons. The Morgan fingerprint density at radius 2 is 2.06 bits per heavy atom. The molecule has 1 atom stereocenters. The number of benzene rings is 1. The lowest BCUT2D eigenvalue weighted by molar-refractivity contribution is -0.153. The highest BCUT2D eigenvalue weighted by molar-refractivity contribution is 5.99. The standard InChI is InChI=1S/C13H18N2O2/c1-13(2)12(16)15(9-11(8-14)17-13)10-6-4-3-5-7-10/h3-7,11H,8-9,14H2,1-2H3. The monoisotopic (exact) mass is 234 g/mol. The Bertz CT molecular complexity index is 403. The molecule has 1 saturated heterocycles. The molecule has 4 heteroatoms. The molecule has 1 aliphatic rings. The van der Waals surface area contributed by atoms with E-state index in [0.29, 0.717) is 13.1 Å². The summed E-state index contributed by atoms with van der Waals surface area (Å²) >= 11 is 0. The molecule has 0 spiro atoms. The summed E-state index contributed by atoms with van der Waals surface area (Å²) in [6.07, 6.45) is -0.108. The normalized spacial score (nSPS) is 23.8. The summed E-state index contributed by atoms with van der Waals surface area (Å²) in [7, 11) is 0. The Hall–Kier alpha value is -1.39. The van der Waals surface area contributed by atoms with Crippen LogP contribution in [0.2, 0.25) is 0 Å². The van der Waals surface area contributed by atoms with Crippen LogP contribution in [0.4, 0.5) is 5.69 Å². The predicted octanol–water partition coefficient (Wildman–Crippen LogP) is 1.16. The minimum Gasteiger partial charge on any atom is -0.359 e. The van der Waals surface area contributed by atoms with Crippen molar-refractivity contribution in [1.29, 1.82) is 0 Å². The Balaban J connectivity index is 2.30. The second-order valence-electron chi connectivity index (χ2n) is 4.74. The highest BCUT2D eigenvalue weighted by atomic mass is 16.5. The lowest BCUT2D eigenvalue weighted by Crippen LogP contribution is -2.59. The number of para-hydroxylation sites is 1. The van der Waals surface area contributed by atoms with E-state index in [0.717, 1.165) is 5.69 Å². The third kappa shape index (κ3) is 2.33. The van der Waals surface area contributed by atoms with Gasteiger partial charge in [0.15, 0.2) is 0 Å². The first-order chi connectivity index (χ1) is 8.04. The van der Waals surface area contributed by atoms with Gasteiger partial charge in [-0.05, 0) is 26.0 Å². The van der Waals surface area contributed by atoms with E-state index in [2.05, 4.69) is 0 Å². The third-order valence-electron chi connectivity index (χ3n) is 2.94. The molecule has 0 aliphatic carbocycles. The second-order valence-corrected chi connectivity index (χ2v) is 4.74. The van der Waals surface area contributed by atoms with Crippen LogP contribution < -0.4 is 10.6 Å². The van der Waals surface area contributed by atoms with E-state index >= 15 is 0 Å². The van der Waals surface area contributed by atoms with Crippen LogP contribution >= 0.6 is 0 Å². The van der Waals surface area contributed by atoms with Crippen molar-refractivity contribution < 1.29 is 9.53 Å². The van der Waals surface area contributed by atoms with E-state index in [1.807, 2.05) is 30.3 Å². The van der Waals surface area contributed by atoms with Gasteiger partial charge in [0.05, 0.1) is 12.6 Å². The van der Waals surface area contributed by atoms with Crippen molar-refractivity contribution in [3.8, 4) is 0 Å². The molecule has 1 fully saturated rings. The topological polar surface area (TPSA) is 55.6 Å². The van der Waals surface area contributed by atoms with E-state index in [9.17, 15) is 4.79 Å². The lowest BCUT2D eigenvalue weighted by Gasteiger charge is -2.41. The van der Waals surface area contributed by atoms with Gasteiger partial charge in [-0.1, -0.05) is 18.2 Å². The van der Waals surface area contributed by atoms with Crippen LogP contribution in [0.15, 0.2) is 30.3 Å². The van der Waals surface area contributed by atoms with Crippen molar-refractivity contribution in [1.82, 2.24) is 0 Å². The number of hydrogen-bond donors (Lipinski definition) is 1.